The van der Waals surface area contributed by atoms with Crippen molar-refractivity contribution < 1.29 is 9.53 Å². The number of aromatic nitrogens is 4. The van der Waals surface area contributed by atoms with Crippen molar-refractivity contribution in [2.75, 3.05) is 6.61 Å². The molecular formula is C13H10N6O2. The molecule has 2 aromatic rings. The van der Waals surface area contributed by atoms with Crippen molar-refractivity contribution in [3.05, 3.63) is 35.2 Å². The monoisotopic (exact) mass is 282 g/mol. The number of carbonyl (C=O) groups is 1. The molecule has 104 valence electrons. The molecular weight excluding hydrogens is 272 g/mol. The van der Waals surface area contributed by atoms with E-state index in [1.165, 1.54) is 17.1 Å². The first-order valence-corrected chi connectivity index (χ1v) is 6.01. The zero-order valence-electron chi connectivity index (χ0n) is 11.4. The lowest BCUT2D eigenvalue weighted by Crippen LogP contribution is -2.11. The van der Waals surface area contributed by atoms with E-state index in [-0.39, 0.29) is 29.5 Å². The van der Waals surface area contributed by atoms with Crippen LogP contribution in [0.5, 0.6) is 0 Å². The Balaban J connectivity index is 2.47. The Kier molecular flexibility index (Phi) is 3.91. The van der Waals surface area contributed by atoms with E-state index in [0.29, 0.717) is 5.69 Å². The van der Waals surface area contributed by atoms with Crippen molar-refractivity contribution in [2.45, 2.75) is 13.8 Å². The predicted octanol–water partition coefficient (Wildman–Crippen LogP) is 0.891. The second kappa shape index (κ2) is 5.80. The van der Waals surface area contributed by atoms with E-state index in [0.717, 1.165) is 0 Å². The van der Waals surface area contributed by atoms with Crippen molar-refractivity contribution >= 4 is 5.97 Å². The van der Waals surface area contributed by atoms with Crippen LogP contribution in [0.25, 0.3) is 5.95 Å². The van der Waals surface area contributed by atoms with Crippen LogP contribution in [-0.4, -0.2) is 32.1 Å². The number of hydrogen-bond donors (Lipinski definition) is 0. The molecule has 21 heavy (non-hydrogen) atoms. The number of nitriles is 2. The van der Waals surface area contributed by atoms with Gasteiger partial charge in [-0.15, -0.1) is 0 Å². The van der Waals surface area contributed by atoms with Crippen LogP contribution in [0.1, 0.15) is 34.4 Å². The highest BCUT2D eigenvalue weighted by Gasteiger charge is 2.17. The molecule has 2 aromatic heterocycles. The van der Waals surface area contributed by atoms with Gasteiger partial charge in [0.2, 0.25) is 5.95 Å². The molecule has 0 aliphatic carbocycles. The summed E-state index contributed by atoms with van der Waals surface area (Å²) < 4.78 is 6.18. The molecule has 2 rings (SSSR count). The first-order chi connectivity index (χ1) is 10.1. The minimum Gasteiger partial charge on any atom is -0.462 e. The Morgan fingerprint density at radius 2 is 2.14 bits per heavy atom. The largest absolute Gasteiger partial charge is 0.462 e. The second-order valence-corrected chi connectivity index (χ2v) is 3.92. The average molecular weight is 282 g/mol. The van der Waals surface area contributed by atoms with Crippen LogP contribution in [0.4, 0.5) is 0 Å². The SMILES string of the molecule is CCOC(=O)c1cnc(-n2cnc(C#N)c2C#N)nc1C. The van der Waals surface area contributed by atoms with E-state index < -0.39 is 5.97 Å². The van der Waals surface area contributed by atoms with Crippen LogP contribution in [-0.2, 0) is 4.74 Å². The van der Waals surface area contributed by atoms with E-state index in [1.54, 1.807) is 13.8 Å². The van der Waals surface area contributed by atoms with Gasteiger partial charge in [-0.2, -0.15) is 10.5 Å². The minimum absolute atomic E-state index is 0.00628. The number of nitrogens with zero attached hydrogens (tertiary/aromatic N) is 6. The van der Waals surface area contributed by atoms with Gasteiger partial charge in [0.05, 0.1) is 17.9 Å². The highest BCUT2D eigenvalue weighted by Crippen LogP contribution is 2.13. The Labute approximate surface area is 120 Å². The van der Waals surface area contributed by atoms with Crippen molar-refractivity contribution in [1.29, 1.82) is 10.5 Å². The molecule has 0 spiro atoms. The number of rotatable bonds is 3. The predicted molar refractivity (Wildman–Crippen MR) is 69.3 cm³/mol. The lowest BCUT2D eigenvalue weighted by Gasteiger charge is -2.07. The lowest BCUT2D eigenvalue weighted by molar-refractivity contribution is 0.0524. The number of aryl methyl sites for hydroxylation is 1. The molecule has 8 heteroatoms. The van der Waals surface area contributed by atoms with Gasteiger partial charge < -0.3 is 4.74 Å². The summed E-state index contributed by atoms with van der Waals surface area (Å²) in [4.78, 5) is 23.6. The molecule has 0 saturated carbocycles. The average Bonchev–Trinajstić information content (AvgIpc) is 2.90. The van der Waals surface area contributed by atoms with Crippen molar-refractivity contribution in [2.24, 2.45) is 0 Å². The summed E-state index contributed by atoms with van der Waals surface area (Å²) in [6, 6.07) is 3.69. The van der Waals surface area contributed by atoms with E-state index in [1.807, 2.05) is 12.1 Å². The third-order valence-electron chi connectivity index (χ3n) is 2.66. The molecule has 0 aliphatic rings. The fourth-order valence-electron chi connectivity index (χ4n) is 1.67. The van der Waals surface area contributed by atoms with Crippen molar-refractivity contribution in [1.82, 2.24) is 19.5 Å². The van der Waals surface area contributed by atoms with Crippen LogP contribution >= 0.6 is 0 Å². The van der Waals surface area contributed by atoms with Crippen molar-refractivity contribution in [3.63, 3.8) is 0 Å². The van der Waals surface area contributed by atoms with Crippen LogP contribution in [0, 0.1) is 29.6 Å². The summed E-state index contributed by atoms with van der Waals surface area (Å²) >= 11 is 0. The zero-order chi connectivity index (χ0) is 15.4. The van der Waals surface area contributed by atoms with Crippen LogP contribution in [0.15, 0.2) is 12.5 Å². The number of imidazole rings is 1. The summed E-state index contributed by atoms with van der Waals surface area (Å²) in [5, 5.41) is 17.9. The molecule has 2 heterocycles. The summed E-state index contributed by atoms with van der Waals surface area (Å²) in [5.41, 5.74) is 0.697. The van der Waals surface area contributed by atoms with Gasteiger partial charge in [0.25, 0.3) is 0 Å². The summed E-state index contributed by atoms with van der Waals surface area (Å²) in [7, 11) is 0. The number of ether oxygens (including phenoxy) is 1. The smallest absolute Gasteiger partial charge is 0.341 e. The molecule has 0 unspecified atom stereocenters. The van der Waals surface area contributed by atoms with Gasteiger partial charge in [-0.25, -0.2) is 19.7 Å². The molecule has 0 aromatic carbocycles. The number of esters is 1. The van der Waals surface area contributed by atoms with E-state index >= 15 is 0 Å². The van der Waals surface area contributed by atoms with Gasteiger partial charge in [0.1, 0.15) is 18.5 Å². The second-order valence-electron chi connectivity index (χ2n) is 3.92. The third kappa shape index (κ3) is 2.55. The van der Waals surface area contributed by atoms with Gasteiger partial charge in [-0.05, 0) is 13.8 Å². The summed E-state index contributed by atoms with van der Waals surface area (Å²) in [6.45, 7) is 3.59. The highest BCUT2D eigenvalue weighted by molar-refractivity contribution is 5.90. The normalized spacial score (nSPS) is 9.71. The van der Waals surface area contributed by atoms with Gasteiger partial charge in [-0.3, -0.25) is 4.57 Å². The quantitative estimate of drug-likeness (QED) is 0.767. The van der Waals surface area contributed by atoms with Crippen LogP contribution < -0.4 is 0 Å². The van der Waals surface area contributed by atoms with E-state index in [4.69, 9.17) is 15.3 Å². The first kappa shape index (κ1) is 14.2. The third-order valence-corrected chi connectivity index (χ3v) is 2.66. The first-order valence-electron chi connectivity index (χ1n) is 6.01. The maximum absolute atomic E-state index is 11.7. The van der Waals surface area contributed by atoms with Gasteiger partial charge in [0.15, 0.2) is 11.4 Å². The Morgan fingerprint density at radius 3 is 2.71 bits per heavy atom. The fourth-order valence-corrected chi connectivity index (χ4v) is 1.67. The zero-order valence-corrected chi connectivity index (χ0v) is 11.4. The number of hydrogen-bond acceptors (Lipinski definition) is 7. The van der Waals surface area contributed by atoms with Gasteiger partial charge >= 0.3 is 5.97 Å². The standard InChI is InChI=1S/C13H10N6O2/c1-3-21-12(20)9-6-16-13(18-8(9)2)19-7-17-10(4-14)11(19)5-15/h6-7H,3H2,1-2H3. The Hall–Kier alpha value is -3.26. The Bertz CT molecular complexity index is 781. The number of carbonyl (C=O) groups excluding carboxylic acids is 1. The molecule has 0 radical (unpaired) electrons. The molecule has 0 amide bonds. The van der Waals surface area contributed by atoms with Crippen LogP contribution in [0.2, 0.25) is 0 Å². The molecule has 8 nitrogen and oxygen atoms in total. The molecule has 0 aliphatic heterocycles. The molecule has 0 N–H and O–H groups in total. The lowest BCUT2D eigenvalue weighted by atomic mass is 10.2. The maximum Gasteiger partial charge on any atom is 0.341 e. The molecule has 0 bridgehead atoms. The maximum atomic E-state index is 11.7. The van der Waals surface area contributed by atoms with Gasteiger partial charge in [0, 0.05) is 6.20 Å². The minimum atomic E-state index is -0.509. The Morgan fingerprint density at radius 1 is 1.38 bits per heavy atom. The topological polar surface area (TPSA) is 117 Å². The van der Waals surface area contributed by atoms with E-state index in [2.05, 4.69) is 15.0 Å². The van der Waals surface area contributed by atoms with E-state index in [9.17, 15) is 4.79 Å². The molecule has 0 fully saturated rings. The summed E-state index contributed by atoms with van der Waals surface area (Å²) in [5.74, 6) is -0.350. The van der Waals surface area contributed by atoms with Crippen molar-refractivity contribution in [3.8, 4) is 18.1 Å². The van der Waals surface area contributed by atoms with Crippen LogP contribution in [0.3, 0.4) is 0 Å². The fraction of sp³-hybridized carbons (Fsp3) is 0.231. The van der Waals surface area contributed by atoms with Gasteiger partial charge in [-0.1, -0.05) is 0 Å². The molecule has 0 saturated heterocycles. The summed E-state index contributed by atoms with van der Waals surface area (Å²) in [6.07, 6.45) is 2.61. The highest BCUT2D eigenvalue weighted by atomic mass is 16.5. The molecule has 0 atom stereocenters.